The lowest BCUT2D eigenvalue weighted by molar-refractivity contribution is -0.139. The first kappa shape index (κ1) is 26.2. The number of benzene rings is 2. The van der Waals surface area contributed by atoms with Gasteiger partial charge < -0.3 is 5.32 Å². The minimum absolute atomic E-state index is 0.0256. The Balaban J connectivity index is 1.77. The molecule has 1 N–H and O–H groups in total. The molecule has 0 aliphatic rings. The second-order valence-electron chi connectivity index (χ2n) is 7.42. The minimum Gasteiger partial charge on any atom is -0.348 e. The van der Waals surface area contributed by atoms with Crippen molar-refractivity contribution in [3.8, 4) is 0 Å². The molecule has 34 heavy (non-hydrogen) atoms. The van der Waals surface area contributed by atoms with Crippen molar-refractivity contribution in [3.05, 3.63) is 103 Å². The van der Waals surface area contributed by atoms with Gasteiger partial charge in [-0.05, 0) is 69.4 Å². The highest BCUT2D eigenvalue weighted by molar-refractivity contribution is 9.10. The topological polar surface area (TPSA) is 42.0 Å². The van der Waals surface area contributed by atoms with E-state index in [0.717, 1.165) is 23.8 Å². The number of nitrogens with one attached hydrogen (secondary N) is 1. The molecular formula is C24H17BrCl2F4N2O. The highest BCUT2D eigenvalue weighted by Gasteiger charge is 2.39. The molecule has 178 valence electrons. The van der Waals surface area contributed by atoms with Gasteiger partial charge in [-0.15, -0.1) is 0 Å². The van der Waals surface area contributed by atoms with Gasteiger partial charge in [0, 0.05) is 17.2 Å². The van der Waals surface area contributed by atoms with Crippen molar-refractivity contribution < 1.29 is 22.4 Å². The average Bonchev–Trinajstić information content (AvgIpc) is 2.76. The molecule has 1 unspecified atom stereocenters. The van der Waals surface area contributed by atoms with Crippen molar-refractivity contribution in [2.45, 2.75) is 25.6 Å². The molecule has 0 spiro atoms. The number of rotatable bonds is 6. The van der Waals surface area contributed by atoms with E-state index in [9.17, 15) is 22.4 Å². The van der Waals surface area contributed by atoms with Crippen LogP contribution in [0, 0.1) is 12.7 Å². The van der Waals surface area contributed by atoms with E-state index in [1.54, 1.807) is 18.3 Å². The van der Waals surface area contributed by atoms with E-state index in [2.05, 4.69) is 26.2 Å². The molecule has 0 bridgehead atoms. The molecule has 0 fully saturated rings. The maximum atomic E-state index is 13.8. The average molecular weight is 576 g/mol. The lowest BCUT2D eigenvalue weighted by atomic mass is 9.95. The van der Waals surface area contributed by atoms with Crippen LogP contribution < -0.4 is 5.32 Å². The van der Waals surface area contributed by atoms with E-state index in [0.29, 0.717) is 20.8 Å². The molecule has 3 rings (SSSR count). The van der Waals surface area contributed by atoms with E-state index in [1.165, 1.54) is 31.2 Å². The van der Waals surface area contributed by atoms with Gasteiger partial charge in [-0.3, -0.25) is 4.79 Å². The van der Waals surface area contributed by atoms with Gasteiger partial charge in [0.1, 0.15) is 11.0 Å². The van der Waals surface area contributed by atoms with E-state index in [1.807, 2.05) is 0 Å². The predicted molar refractivity (Wildman–Crippen MR) is 129 cm³/mol. The summed E-state index contributed by atoms with van der Waals surface area (Å²) in [4.78, 5) is 16.4. The van der Waals surface area contributed by atoms with E-state index in [-0.39, 0.29) is 28.6 Å². The van der Waals surface area contributed by atoms with Crippen LogP contribution in [-0.4, -0.2) is 17.1 Å². The Hall–Kier alpha value is -2.42. The summed E-state index contributed by atoms with van der Waals surface area (Å²) >= 11 is 14.8. The van der Waals surface area contributed by atoms with Crippen molar-refractivity contribution in [3.63, 3.8) is 0 Å². The number of aryl methyl sites for hydroxylation is 1. The number of aromatic nitrogens is 1. The normalized spacial score (nSPS) is 12.7. The fourth-order valence-corrected chi connectivity index (χ4v) is 4.12. The Morgan fingerprint density at radius 2 is 1.91 bits per heavy atom. The Morgan fingerprint density at radius 1 is 1.18 bits per heavy atom. The zero-order valence-corrected chi connectivity index (χ0v) is 20.7. The first-order valence-electron chi connectivity index (χ1n) is 9.84. The quantitative estimate of drug-likeness (QED) is 0.240. The van der Waals surface area contributed by atoms with Crippen LogP contribution in [0.5, 0.6) is 0 Å². The molecule has 0 saturated carbocycles. The molecule has 0 aliphatic heterocycles. The van der Waals surface area contributed by atoms with Gasteiger partial charge in [-0.1, -0.05) is 53.6 Å². The number of hydrogen-bond donors (Lipinski definition) is 1. The molecule has 0 aliphatic carbocycles. The van der Waals surface area contributed by atoms with Gasteiger partial charge in [0.25, 0.3) is 5.91 Å². The van der Waals surface area contributed by atoms with Gasteiger partial charge in [-0.2, -0.15) is 13.2 Å². The first-order valence-corrected chi connectivity index (χ1v) is 11.4. The standard InChI is InChI=1S/C24H17BrCl2F4N2O/c1-13-8-16(10-20(26)22(13)28)18(24(29,30)31)6-3-14-2-5-17(19(25)9-14)23(34)33-12-15-4-7-21(27)32-11-15/h2-11,18H,12H2,1H3,(H,33,34)/b6-3+. The Morgan fingerprint density at radius 3 is 2.50 bits per heavy atom. The maximum absolute atomic E-state index is 13.8. The van der Waals surface area contributed by atoms with Gasteiger partial charge in [-0.25, -0.2) is 9.37 Å². The van der Waals surface area contributed by atoms with Crippen LogP contribution in [0.25, 0.3) is 6.08 Å². The van der Waals surface area contributed by atoms with Crippen LogP contribution in [0.2, 0.25) is 10.2 Å². The number of carbonyl (C=O) groups is 1. The molecule has 2 aromatic carbocycles. The second-order valence-corrected chi connectivity index (χ2v) is 9.07. The molecule has 1 aromatic heterocycles. The van der Waals surface area contributed by atoms with E-state index >= 15 is 0 Å². The number of halogens is 7. The molecular weight excluding hydrogens is 559 g/mol. The predicted octanol–water partition coefficient (Wildman–Crippen LogP) is 7.89. The van der Waals surface area contributed by atoms with Crippen molar-refractivity contribution in [2.24, 2.45) is 0 Å². The summed E-state index contributed by atoms with van der Waals surface area (Å²) in [5.41, 5.74) is 1.36. The highest BCUT2D eigenvalue weighted by atomic mass is 79.9. The number of nitrogens with zero attached hydrogens (tertiary/aromatic N) is 1. The SMILES string of the molecule is Cc1cc(C(/C=C/c2ccc(C(=O)NCc3ccc(Cl)nc3)c(Br)c2)C(F)(F)F)cc(Cl)c1F. The number of pyridine rings is 1. The monoisotopic (exact) mass is 574 g/mol. The second kappa shape index (κ2) is 10.9. The molecule has 0 saturated heterocycles. The van der Waals surface area contributed by atoms with Crippen molar-refractivity contribution in [2.75, 3.05) is 0 Å². The fraction of sp³-hybridized carbons (Fsp3) is 0.167. The van der Waals surface area contributed by atoms with E-state index in [4.69, 9.17) is 23.2 Å². The van der Waals surface area contributed by atoms with Gasteiger partial charge in [0.15, 0.2) is 0 Å². The summed E-state index contributed by atoms with van der Waals surface area (Å²) in [6.45, 7) is 1.58. The highest BCUT2D eigenvalue weighted by Crippen LogP contribution is 2.38. The van der Waals surface area contributed by atoms with Crippen LogP contribution in [0.15, 0.2) is 59.2 Å². The van der Waals surface area contributed by atoms with Crippen molar-refractivity contribution >= 4 is 51.1 Å². The zero-order valence-electron chi connectivity index (χ0n) is 17.6. The largest absolute Gasteiger partial charge is 0.399 e. The van der Waals surface area contributed by atoms with Crippen LogP contribution in [0.3, 0.4) is 0 Å². The third-order valence-corrected chi connectivity index (χ3v) is 6.06. The third-order valence-electron chi connectivity index (χ3n) is 4.90. The van der Waals surface area contributed by atoms with Crippen LogP contribution in [0.4, 0.5) is 17.6 Å². The summed E-state index contributed by atoms with van der Waals surface area (Å²) in [5, 5.41) is 2.71. The molecule has 1 amide bonds. The first-order chi connectivity index (χ1) is 16.0. The molecule has 1 atom stereocenters. The van der Waals surface area contributed by atoms with Crippen molar-refractivity contribution in [1.82, 2.24) is 10.3 Å². The summed E-state index contributed by atoms with van der Waals surface area (Å²) in [6, 6.07) is 10.00. The fourth-order valence-electron chi connectivity index (χ4n) is 3.16. The van der Waals surface area contributed by atoms with E-state index < -0.39 is 17.9 Å². The summed E-state index contributed by atoms with van der Waals surface area (Å²) < 4.78 is 55.3. The lowest BCUT2D eigenvalue weighted by Crippen LogP contribution is -2.23. The Kier molecular flexibility index (Phi) is 8.38. The molecule has 3 nitrogen and oxygen atoms in total. The molecule has 10 heteroatoms. The lowest BCUT2D eigenvalue weighted by Gasteiger charge is -2.18. The molecule has 3 aromatic rings. The van der Waals surface area contributed by atoms with Crippen molar-refractivity contribution in [1.29, 1.82) is 0 Å². The number of hydrogen-bond acceptors (Lipinski definition) is 2. The Labute approximate surface area is 211 Å². The van der Waals surface area contributed by atoms with Gasteiger partial charge >= 0.3 is 6.18 Å². The number of allylic oxidation sites excluding steroid dienone is 1. The number of alkyl halides is 3. The Bertz CT molecular complexity index is 1210. The molecule has 1 heterocycles. The minimum atomic E-state index is -4.61. The molecule has 0 radical (unpaired) electrons. The van der Waals surface area contributed by atoms with Crippen LogP contribution in [0.1, 0.15) is 38.5 Å². The van der Waals surface area contributed by atoms with Crippen LogP contribution >= 0.6 is 39.1 Å². The summed E-state index contributed by atoms with van der Waals surface area (Å²) in [5.74, 6) is -3.11. The zero-order chi connectivity index (χ0) is 25.0. The summed E-state index contributed by atoms with van der Waals surface area (Å²) in [6.07, 6.45) is -0.815. The smallest absolute Gasteiger partial charge is 0.348 e. The summed E-state index contributed by atoms with van der Waals surface area (Å²) in [7, 11) is 0. The third kappa shape index (κ3) is 6.58. The van der Waals surface area contributed by atoms with Gasteiger partial charge in [0.2, 0.25) is 0 Å². The van der Waals surface area contributed by atoms with Crippen LogP contribution in [-0.2, 0) is 6.54 Å². The van der Waals surface area contributed by atoms with Gasteiger partial charge in [0.05, 0.1) is 16.5 Å². The number of carbonyl (C=O) groups excluding carboxylic acids is 1. The number of amides is 1. The maximum Gasteiger partial charge on any atom is 0.399 e.